The van der Waals surface area contributed by atoms with Gasteiger partial charge >= 0.3 is 0 Å². The van der Waals surface area contributed by atoms with Gasteiger partial charge in [0.2, 0.25) is 0 Å². The molecule has 0 radical (unpaired) electrons. The van der Waals surface area contributed by atoms with E-state index in [1.54, 1.807) is 0 Å². The Morgan fingerprint density at radius 1 is 1.24 bits per heavy atom. The summed E-state index contributed by atoms with van der Waals surface area (Å²) in [5.41, 5.74) is 3.28. The molecule has 1 unspecified atom stereocenters. The first-order chi connectivity index (χ1) is 10.3. The summed E-state index contributed by atoms with van der Waals surface area (Å²) < 4.78 is 5.70. The van der Waals surface area contributed by atoms with Gasteiger partial charge in [-0.2, -0.15) is 0 Å². The maximum absolute atomic E-state index is 9.59. The van der Waals surface area contributed by atoms with E-state index in [4.69, 9.17) is 16.3 Å². The summed E-state index contributed by atoms with van der Waals surface area (Å²) in [5.74, 6) is 0.941. The van der Waals surface area contributed by atoms with E-state index in [1.807, 2.05) is 42.5 Å². The molecular formula is C17H18ClNO2. The topological polar surface area (TPSA) is 41.5 Å². The van der Waals surface area contributed by atoms with Gasteiger partial charge in [-0.1, -0.05) is 41.9 Å². The van der Waals surface area contributed by atoms with Crippen LogP contribution < -0.4 is 10.1 Å². The molecule has 0 saturated heterocycles. The number of aliphatic hydroxyl groups excluding tert-OH is 1. The van der Waals surface area contributed by atoms with Gasteiger partial charge in [0.05, 0.1) is 19.3 Å². The van der Waals surface area contributed by atoms with Crippen molar-refractivity contribution in [1.82, 2.24) is 5.32 Å². The van der Waals surface area contributed by atoms with Gasteiger partial charge in [-0.15, -0.1) is 0 Å². The molecule has 2 aromatic carbocycles. The Labute approximate surface area is 129 Å². The number of halogens is 1. The van der Waals surface area contributed by atoms with Gasteiger partial charge in [0.15, 0.2) is 0 Å². The second-order valence-corrected chi connectivity index (χ2v) is 5.61. The fourth-order valence-electron chi connectivity index (χ4n) is 2.68. The summed E-state index contributed by atoms with van der Waals surface area (Å²) >= 11 is 6.16. The average Bonchev–Trinajstić information content (AvgIpc) is 2.97. The number of ether oxygens (including phenoxy) is 1. The second kappa shape index (κ2) is 6.48. The molecule has 0 fully saturated rings. The zero-order chi connectivity index (χ0) is 14.7. The fourth-order valence-corrected chi connectivity index (χ4v) is 2.95. The summed E-state index contributed by atoms with van der Waals surface area (Å²) in [6.07, 6.45) is 0.908. The van der Waals surface area contributed by atoms with E-state index in [9.17, 15) is 5.11 Å². The normalized spacial score (nSPS) is 14.6. The molecular weight excluding hydrogens is 286 g/mol. The highest BCUT2D eigenvalue weighted by atomic mass is 35.5. The molecule has 0 aliphatic carbocycles. The van der Waals surface area contributed by atoms with Gasteiger partial charge in [-0.25, -0.2) is 0 Å². The number of benzene rings is 2. The quantitative estimate of drug-likeness (QED) is 0.892. The summed E-state index contributed by atoms with van der Waals surface area (Å²) in [4.78, 5) is 0. The lowest BCUT2D eigenvalue weighted by Gasteiger charge is -2.18. The average molecular weight is 304 g/mol. The molecule has 110 valence electrons. The van der Waals surface area contributed by atoms with Crippen LogP contribution in [0.15, 0.2) is 42.5 Å². The van der Waals surface area contributed by atoms with Gasteiger partial charge in [-0.05, 0) is 23.3 Å². The Morgan fingerprint density at radius 3 is 2.81 bits per heavy atom. The van der Waals surface area contributed by atoms with Crippen LogP contribution in [0.4, 0.5) is 0 Å². The minimum atomic E-state index is -0.0952. The third-order valence-corrected chi connectivity index (χ3v) is 3.97. The van der Waals surface area contributed by atoms with Crippen molar-refractivity contribution in [3.63, 3.8) is 0 Å². The minimum absolute atomic E-state index is 0.0492. The lowest BCUT2D eigenvalue weighted by atomic mass is 10.1. The number of aliphatic hydroxyl groups is 1. The maximum atomic E-state index is 9.59. The third-order valence-electron chi connectivity index (χ3n) is 3.75. The molecule has 21 heavy (non-hydrogen) atoms. The number of hydrogen-bond acceptors (Lipinski definition) is 3. The molecule has 1 atom stereocenters. The lowest BCUT2D eigenvalue weighted by molar-refractivity contribution is 0.243. The number of hydrogen-bond donors (Lipinski definition) is 2. The van der Waals surface area contributed by atoms with Crippen LogP contribution in [-0.4, -0.2) is 18.3 Å². The molecule has 1 aliphatic heterocycles. The van der Waals surface area contributed by atoms with E-state index in [1.165, 1.54) is 5.56 Å². The lowest BCUT2D eigenvalue weighted by Crippen LogP contribution is -2.24. The van der Waals surface area contributed by atoms with Crippen molar-refractivity contribution >= 4 is 11.6 Å². The molecule has 3 nitrogen and oxygen atoms in total. The maximum Gasteiger partial charge on any atom is 0.127 e. The Bertz CT molecular complexity index is 616. The minimum Gasteiger partial charge on any atom is -0.493 e. The van der Waals surface area contributed by atoms with Crippen LogP contribution in [0.2, 0.25) is 5.02 Å². The van der Waals surface area contributed by atoms with Crippen molar-refractivity contribution in [3.05, 3.63) is 64.2 Å². The van der Waals surface area contributed by atoms with Gasteiger partial charge in [0.1, 0.15) is 5.75 Å². The summed E-state index contributed by atoms with van der Waals surface area (Å²) in [6, 6.07) is 13.7. The highest BCUT2D eigenvalue weighted by Crippen LogP contribution is 2.33. The zero-order valence-electron chi connectivity index (χ0n) is 11.7. The first kappa shape index (κ1) is 14.4. The van der Waals surface area contributed by atoms with Crippen LogP contribution in [0.25, 0.3) is 0 Å². The Kier molecular flexibility index (Phi) is 4.44. The van der Waals surface area contributed by atoms with Crippen molar-refractivity contribution in [2.75, 3.05) is 13.2 Å². The Hall–Kier alpha value is -1.55. The number of fused-ring (bicyclic) bond motifs is 1. The zero-order valence-corrected chi connectivity index (χ0v) is 12.4. The van der Waals surface area contributed by atoms with E-state index in [0.29, 0.717) is 13.2 Å². The van der Waals surface area contributed by atoms with Crippen LogP contribution >= 0.6 is 11.6 Å². The molecule has 4 heteroatoms. The van der Waals surface area contributed by atoms with Gasteiger partial charge in [0.25, 0.3) is 0 Å². The summed E-state index contributed by atoms with van der Waals surface area (Å²) in [6.45, 7) is 1.38. The van der Waals surface area contributed by atoms with Crippen LogP contribution in [0, 0.1) is 0 Å². The summed E-state index contributed by atoms with van der Waals surface area (Å²) in [5, 5.41) is 13.7. The standard InChI is InChI=1S/C17H18ClNO2/c18-15-8-13-6-7-21-17(13)14(9-15)10-19-16(11-20)12-4-2-1-3-5-12/h1-5,8-9,16,19-20H,6-7,10-11H2. The molecule has 2 aromatic rings. The number of nitrogens with one attached hydrogen (secondary N) is 1. The van der Waals surface area contributed by atoms with Crippen molar-refractivity contribution in [2.24, 2.45) is 0 Å². The fraction of sp³-hybridized carbons (Fsp3) is 0.294. The van der Waals surface area contributed by atoms with Gasteiger partial charge in [0, 0.05) is 23.6 Å². The molecule has 0 spiro atoms. The van der Waals surface area contributed by atoms with E-state index >= 15 is 0 Å². The molecule has 1 heterocycles. The molecule has 0 aromatic heterocycles. The van der Waals surface area contributed by atoms with Crippen molar-refractivity contribution in [3.8, 4) is 5.75 Å². The highest BCUT2D eigenvalue weighted by Gasteiger charge is 2.18. The molecule has 0 saturated carbocycles. The predicted molar refractivity (Wildman–Crippen MR) is 83.8 cm³/mol. The van der Waals surface area contributed by atoms with E-state index in [-0.39, 0.29) is 12.6 Å². The molecule has 0 bridgehead atoms. The van der Waals surface area contributed by atoms with E-state index in [2.05, 4.69) is 5.32 Å². The Morgan fingerprint density at radius 2 is 2.05 bits per heavy atom. The van der Waals surface area contributed by atoms with Gasteiger partial charge < -0.3 is 15.2 Å². The van der Waals surface area contributed by atoms with E-state index < -0.39 is 0 Å². The molecule has 3 rings (SSSR count). The largest absolute Gasteiger partial charge is 0.493 e. The molecule has 2 N–H and O–H groups in total. The molecule has 1 aliphatic rings. The van der Waals surface area contributed by atoms with Crippen LogP contribution in [-0.2, 0) is 13.0 Å². The van der Waals surface area contributed by atoms with Crippen molar-refractivity contribution in [1.29, 1.82) is 0 Å². The molecule has 0 amide bonds. The van der Waals surface area contributed by atoms with Crippen LogP contribution in [0.5, 0.6) is 5.75 Å². The van der Waals surface area contributed by atoms with Crippen LogP contribution in [0.1, 0.15) is 22.7 Å². The smallest absolute Gasteiger partial charge is 0.127 e. The van der Waals surface area contributed by atoms with Gasteiger partial charge in [-0.3, -0.25) is 0 Å². The van der Waals surface area contributed by atoms with Crippen molar-refractivity contribution < 1.29 is 9.84 Å². The monoisotopic (exact) mass is 303 g/mol. The van der Waals surface area contributed by atoms with E-state index in [0.717, 1.165) is 28.3 Å². The first-order valence-electron chi connectivity index (χ1n) is 7.11. The predicted octanol–water partition coefficient (Wildman–Crippen LogP) is 3.10. The van der Waals surface area contributed by atoms with Crippen molar-refractivity contribution in [2.45, 2.75) is 19.0 Å². The van der Waals surface area contributed by atoms with Crippen LogP contribution in [0.3, 0.4) is 0 Å². The number of rotatable bonds is 5. The SMILES string of the molecule is OCC(NCc1cc(Cl)cc2c1OCC2)c1ccccc1. The third kappa shape index (κ3) is 3.21. The summed E-state index contributed by atoms with van der Waals surface area (Å²) in [7, 11) is 0. The second-order valence-electron chi connectivity index (χ2n) is 5.18. The Balaban J connectivity index is 1.75. The first-order valence-corrected chi connectivity index (χ1v) is 7.49. The highest BCUT2D eigenvalue weighted by molar-refractivity contribution is 6.30.